The monoisotopic (exact) mass is 263 g/mol. The average Bonchev–Trinajstić information content (AvgIpc) is 2.70. The van der Waals surface area contributed by atoms with Crippen molar-refractivity contribution in [2.45, 2.75) is 0 Å². The number of hydrogen-bond donors (Lipinski definition) is 1. The Hall–Kier alpha value is -2.07. The fourth-order valence-electron chi connectivity index (χ4n) is 1.70. The Labute approximate surface area is 108 Å². The average molecular weight is 264 g/mol. The van der Waals surface area contributed by atoms with Gasteiger partial charge in [0.25, 0.3) is 0 Å². The molecule has 0 aliphatic heterocycles. The SMILES string of the molecule is Cn1cc(C(=O)c2cccc(Cl)c2)cc1C(=O)O. The van der Waals surface area contributed by atoms with E-state index in [0.717, 1.165) is 0 Å². The minimum Gasteiger partial charge on any atom is -0.477 e. The van der Waals surface area contributed by atoms with Gasteiger partial charge in [0.2, 0.25) is 0 Å². The number of carboxylic acid groups (broad SMARTS) is 1. The van der Waals surface area contributed by atoms with Crippen LogP contribution < -0.4 is 0 Å². The second-order valence-corrected chi connectivity index (χ2v) is 4.31. The van der Waals surface area contributed by atoms with Gasteiger partial charge in [-0.25, -0.2) is 4.79 Å². The molecule has 2 aromatic rings. The van der Waals surface area contributed by atoms with Crippen molar-refractivity contribution < 1.29 is 14.7 Å². The lowest BCUT2D eigenvalue weighted by molar-refractivity contribution is 0.0686. The number of benzene rings is 1. The van der Waals surface area contributed by atoms with Crippen LogP contribution in [0.5, 0.6) is 0 Å². The van der Waals surface area contributed by atoms with E-state index >= 15 is 0 Å². The van der Waals surface area contributed by atoms with Crippen LogP contribution in [0.1, 0.15) is 26.4 Å². The number of carbonyl (C=O) groups is 2. The number of halogens is 1. The molecule has 0 amide bonds. The van der Waals surface area contributed by atoms with Crippen LogP contribution >= 0.6 is 11.6 Å². The van der Waals surface area contributed by atoms with Gasteiger partial charge in [-0.3, -0.25) is 4.79 Å². The summed E-state index contributed by atoms with van der Waals surface area (Å²) in [4.78, 5) is 23.0. The summed E-state index contributed by atoms with van der Waals surface area (Å²) in [5.41, 5.74) is 0.836. The molecule has 1 N–H and O–H groups in total. The molecule has 0 radical (unpaired) electrons. The molecule has 0 spiro atoms. The number of ketones is 1. The number of nitrogens with zero attached hydrogens (tertiary/aromatic N) is 1. The zero-order chi connectivity index (χ0) is 13.3. The summed E-state index contributed by atoms with van der Waals surface area (Å²) in [6, 6.07) is 7.90. The van der Waals surface area contributed by atoms with Crippen LogP contribution in [0, 0.1) is 0 Å². The van der Waals surface area contributed by atoms with E-state index in [-0.39, 0.29) is 11.5 Å². The maximum Gasteiger partial charge on any atom is 0.352 e. The van der Waals surface area contributed by atoms with E-state index in [1.54, 1.807) is 31.3 Å². The van der Waals surface area contributed by atoms with Crippen molar-refractivity contribution in [1.29, 1.82) is 0 Å². The molecular formula is C13H10ClNO3. The molecule has 1 aromatic carbocycles. The van der Waals surface area contributed by atoms with Gasteiger partial charge in [0.1, 0.15) is 5.69 Å². The fraction of sp³-hybridized carbons (Fsp3) is 0.0769. The number of aromatic nitrogens is 1. The van der Waals surface area contributed by atoms with Crippen LogP contribution in [-0.2, 0) is 7.05 Å². The van der Waals surface area contributed by atoms with Crippen molar-refractivity contribution >= 4 is 23.4 Å². The summed E-state index contributed by atoms with van der Waals surface area (Å²) >= 11 is 5.81. The summed E-state index contributed by atoms with van der Waals surface area (Å²) in [5.74, 6) is -1.32. The van der Waals surface area contributed by atoms with Crippen LogP contribution in [0.15, 0.2) is 36.5 Å². The van der Waals surface area contributed by atoms with E-state index in [1.807, 2.05) is 0 Å². The van der Waals surface area contributed by atoms with Gasteiger partial charge in [-0.2, -0.15) is 0 Å². The van der Waals surface area contributed by atoms with E-state index in [2.05, 4.69) is 0 Å². The van der Waals surface area contributed by atoms with Gasteiger partial charge in [0, 0.05) is 29.4 Å². The molecule has 5 heteroatoms. The molecule has 0 saturated heterocycles. The lowest BCUT2D eigenvalue weighted by Gasteiger charge is -1.98. The summed E-state index contributed by atoms with van der Waals surface area (Å²) < 4.78 is 1.40. The van der Waals surface area contributed by atoms with Crippen molar-refractivity contribution in [1.82, 2.24) is 4.57 Å². The molecule has 1 heterocycles. The van der Waals surface area contributed by atoms with E-state index < -0.39 is 5.97 Å². The van der Waals surface area contributed by atoms with E-state index in [9.17, 15) is 9.59 Å². The van der Waals surface area contributed by atoms with Gasteiger partial charge in [0.15, 0.2) is 5.78 Å². The number of rotatable bonds is 3. The van der Waals surface area contributed by atoms with Gasteiger partial charge < -0.3 is 9.67 Å². The normalized spacial score (nSPS) is 10.3. The van der Waals surface area contributed by atoms with Crippen LogP contribution in [0.2, 0.25) is 5.02 Å². The first-order chi connectivity index (χ1) is 8.49. The molecule has 18 heavy (non-hydrogen) atoms. The third-order valence-electron chi connectivity index (χ3n) is 2.57. The molecule has 0 aliphatic rings. The third-order valence-corrected chi connectivity index (χ3v) is 2.81. The number of carboxylic acids is 1. The van der Waals surface area contributed by atoms with E-state index in [0.29, 0.717) is 16.1 Å². The topological polar surface area (TPSA) is 59.3 Å². The third kappa shape index (κ3) is 2.28. The second kappa shape index (κ2) is 4.66. The van der Waals surface area contributed by atoms with Crippen molar-refractivity contribution in [2.24, 2.45) is 7.05 Å². The Kier molecular flexibility index (Phi) is 3.21. The summed E-state index contributed by atoms with van der Waals surface area (Å²) in [6.45, 7) is 0. The van der Waals surface area contributed by atoms with Crippen molar-refractivity contribution in [3.63, 3.8) is 0 Å². The number of hydrogen-bond acceptors (Lipinski definition) is 2. The Balaban J connectivity index is 2.40. The highest BCUT2D eigenvalue weighted by atomic mass is 35.5. The summed E-state index contributed by atoms with van der Waals surface area (Å²) in [7, 11) is 1.58. The highest BCUT2D eigenvalue weighted by Gasteiger charge is 2.16. The largest absolute Gasteiger partial charge is 0.477 e. The fourth-order valence-corrected chi connectivity index (χ4v) is 1.89. The van der Waals surface area contributed by atoms with E-state index in [4.69, 9.17) is 16.7 Å². The van der Waals surface area contributed by atoms with Gasteiger partial charge in [-0.05, 0) is 18.2 Å². The molecular weight excluding hydrogens is 254 g/mol. The smallest absolute Gasteiger partial charge is 0.352 e. The van der Waals surface area contributed by atoms with Crippen LogP contribution in [0.3, 0.4) is 0 Å². The van der Waals surface area contributed by atoms with Gasteiger partial charge >= 0.3 is 5.97 Å². The second-order valence-electron chi connectivity index (χ2n) is 3.87. The molecule has 0 unspecified atom stereocenters. The Bertz CT molecular complexity index is 631. The van der Waals surface area contributed by atoms with Crippen molar-refractivity contribution in [3.8, 4) is 0 Å². The standard InChI is InChI=1S/C13H10ClNO3/c1-15-7-9(6-11(15)13(17)18)12(16)8-3-2-4-10(14)5-8/h2-7H,1H3,(H,17,18). The minimum absolute atomic E-state index is 0.0698. The maximum atomic E-state index is 12.1. The minimum atomic E-state index is -1.07. The molecule has 0 aliphatic carbocycles. The zero-order valence-electron chi connectivity index (χ0n) is 9.55. The zero-order valence-corrected chi connectivity index (χ0v) is 10.3. The summed E-state index contributed by atoms with van der Waals surface area (Å²) in [6.07, 6.45) is 1.49. The van der Waals surface area contributed by atoms with Gasteiger partial charge in [0.05, 0.1) is 0 Å². The Morgan fingerprint density at radius 2 is 1.94 bits per heavy atom. The van der Waals surface area contributed by atoms with Crippen molar-refractivity contribution in [2.75, 3.05) is 0 Å². The quantitative estimate of drug-likeness (QED) is 0.866. The first-order valence-electron chi connectivity index (χ1n) is 5.19. The first kappa shape index (κ1) is 12.4. The lowest BCUT2D eigenvalue weighted by Crippen LogP contribution is -2.02. The predicted octanol–water partition coefficient (Wildman–Crippen LogP) is 2.61. The van der Waals surface area contributed by atoms with Gasteiger partial charge in [-0.1, -0.05) is 23.7 Å². The lowest BCUT2D eigenvalue weighted by atomic mass is 10.1. The van der Waals surface area contributed by atoms with E-state index in [1.165, 1.54) is 16.8 Å². The molecule has 2 rings (SSSR count). The number of carbonyl (C=O) groups excluding carboxylic acids is 1. The Morgan fingerprint density at radius 1 is 1.22 bits per heavy atom. The van der Waals surface area contributed by atoms with Crippen molar-refractivity contribution in [3.05, 3.63) is 58.4 Å². The molecule has 0 atom stereocenters. The van der Waals surface area contributed by atoms with Crippen LogP contribution in [0.4, 0.5) is 0 Å². The first-order valence-corrected chi connectivity index (χ1v) is 5.57. The molecule has 92 valence electrons. The maximum absolute atomic E-state index is 12.1. The highest BCUT2D eigenvalue weighted by Crippen LogP contribution is 2.16. The number of aromatic carboxylic acids is 1. The highest BCUT2D eigenvalue weighted by molar-refractivity contribution is 6.31. The molecule has 1 aromatic heterocycles. The summed E-state index contributed by atoms with van der Waals surface area (Å²) in [5, 5.41) is 9.39. The molecule has 0 fully saturated rings. The van der Waals surface area contributed by atoms with Crippen LogP contribution in [0.25, 0.3) is 0 Å². The Morgan fingerprint density at radius 3 is 2.50 bits per heavy atom. The molecule has 0 bridgehead atoms. The predicted molar refractivity (Wildman–Crippen MR) is 67.3 cm³/mol. The number of aryl methyl sites for hydroxylation is 1. The molecule has 4 nitrogen and oxygen atoms in total. The molecule has 0 saturated carbocycles. The van der Waals surface area contributed by atoms with Crippen LogP contribution in [-0.4, -0.2) is 21.4 Å². The van der Waals surface area contributed by atoms with Gasteiger partial charge in [-0.15, -0.1) is 0 Å².